The maximum Gasteiger partial charge on any atom is 0.152 e. The lowest BCUT2D eigenvalue weighted by Crippen LogP contribution is -2.37. The van der Waals surface area contributed by atoms with Crippen molar-refractivity contribution in [3.63, 3.8) is 0 Å². The van der Waals surface area contributed by atoms with E-state index in [4.69, 9.17) is 0 Å². The lowest BCUT2D eigenvalue weighted by atomic mass is 10.6. The molecule has 0 atom stereocenters. The molecule has 0 aliphatic carbocycles. The third-order valence-corrected chi connectivity index (χ3v) is 3.18. The van der Waals surface area contributed by atoms with Crippen LogP contribution in [-0.2, 0) is 9.84 Å². The van der Waals surface area contributed by atoms with Crippen molar-refractivity contribution >= 4 is 9.84 Å². The minimum Gasteiger partial charge on any atom is -0.304 e. The fraction of sp³-hybridized carbons (Fsp3) is 1.00. The lowest BCUT2D eigenvalue weighted by molar-refractivity contribution is 0.360. The van der Waals surface area contributed by atoms with E-state index in [1.807, 2.05) is 25.8 Å². The summed E-state index contributed by atoms with van der Waals surface area (Å²) in [6.07, 6.45) is 0. The second-order valence-corrected chi connectivity index (χ2v) is 4.76. The van der Waals surface area contributed by atoms with Crippen LogP contribution in [0.5, 0.6) is 0 Å². The Bertz CT molecular complexity index is 173. The first-order valence-electron chi connectivity index (χ1n) is 3.99. The largest absolute Gasteiger partial charge is 0.304 e. The molecule has 0 unspecified atom stereocenters. The van der Waals surface area contributed by atoms with Crippen LogP contribution in [0.4, 0.5) is 0 Å². The van der Waals surface area contributed by atoms with Gasteiger partial charge in [0.2, 0.25) is 0 Å². The predicted octanol–water partition coefficient (Wildman–Crippen LogP) is 0.373. The molecule has 1 aliphatic heterocycles. The summed E-state index contributed by atoms with van der Waals surface area (Å²) >= 11 is 0. The smallest absolute Gasteiger partial charge is 0.152 e. The molecule has 0 saturated carbocycles. The van der Waals surface area contributed by atoms with Crippen molar-refractivity contribution in [1.29, 1.82) is 0 Å². The highest BCUT2D eigenvalue weighted by molar-refractivity contribution is 7.91. The third kappa shape index (κ3) is 4.37. The molecule has 3 nitrogen and oxygen atoms in total. The zero-order valence-electron chi connectivity index (χ0n) is 7.50. The van der Waals surface area contributed by atoms with Crippen LogP contribution >= 0.6 is 0 Å². The number of hydrogen-bond donors (Lipinski definition) is 0. The van der Waals surface area contributed by atoms with Crippen molar-refractivity contribution in [2.24, 2.45) is 0 Å². The Balaban J connectivity index is 0.000000461. The average molecular weight is 179 g/mol. The van der Waals surface area contributed by atoms with Crippen LogP contribution < -0.4 is 0 Å². The molecule has 0 radical (unpaired) electrons. The van der Waals surface area contributed by atoms with E-state index in [2.05, 4.69) is 0 Å². The third-order valence-electron chi connectivity index (χ3n) is 1.57. The Kier molecular flexibility index (Phi) is 4.68. The Morgan fingerprint density at radius 1 is 1.09 bits per heavy atom. The molecule has 0 bridgehead atoms. The maximum absolute atomic E-state index is 10.8. The number of sulfone groups is 1. The molecular formula is C7H17NO2S. The summed E-state index contributed by atoms with van der Waals surface area (Å²) in [5.41, 5.74) is 0. The van der Waals surface area contributed by atoms with Gasteiger partial charge in [-0.05, 0) is 7.05 Å². The van der Waals surface area contributed by atoms with Crippen LogP contribution in [0, 0.1) is 0 Å². The molecule has 68 valence electrons. The molecule has 0 aromatic heterocycles. The quantitative estimate of drug-likeness (QED) is 0.539. The molecule has 0 aromatic rings. The van der Waals surface area contributed by atoms with Crippen molar-refractivity contribution < 1.29 is 8.42 Å². The van der Waals surface area contributed by atoms with Gasteiger partial charge in [-0.25, -0.2) is 8.42 Å². The van der Waals surface area contributed by atoms with Crippen molar-refractivity contribution in [2.45, 2.75) is 13.8 Å². The zero-order valence-corrected chi connectivity index (χ0v) is 8.32. The summed E-state index contributed by atoms with van der Waals surface area (Å²) < 4.78 is 21.5. The molecule has 0 amide bonds. The minimum absolute atomic E-state index is 0.337. The second kappa shape index (κ2) is 4.72. The summed E-state index contributed by atoms with van der Waals surface area (Å²) in [5.74, 6) is 0.674. The van der Waals surface area contributed by atoms with Crippen molar-refractivity contribution in [3.8, 4) is 0 Å². The molecule has 1 aliphatic rings. The van der Waals surface area contributed by atoms with Crippen LogP contribution in [0.1, 0.15) is 13.8 Å². The van der Waals surface area contributed by atoms with Gasteiger partial charge in [0.15, 0.2) is 9.84 Å². The monoisotopic (exact) mass is 179 g/mol. The number of rotatable bonds is 0. The molecule has 1 saturated heterocycles. The molecule has 4 heteroatoms. The summed E-state index contributed by atoms with van der Waals surface area (Å²) in [4.78, 5) is 2.03. The van der Waals surface area contributed by atoms with Crippen LogP contribution in [0.25, 0.3) is 0 Å². The number of nitrogens with zero attached hydrogens (tertiary/aromatic N) is 1. The van der Waals surface area contributed by atoms with Gasteiger partial charge in [-0.1, -0.05) is 13.8 Å². The average Bonchev–Trinajstić information content (AvgIpc) is 2.00. The Morgan fingerprint density at radius 2 is 1.45 bits per heavy atom. The van der Waals surface area contributed by atoms with Crippen molar-refractivity contribution in [1.82, 2.24) is 4.90 Å². The van der Waals surface area contributed by atoms with Gasteiger partial charge in [0, 0.05) is 13.1 Å². The first-order valence-corrected chi connectivity index (χ1v) is 5.81. The van der Waals surface area contributed by atoms with E-state index in [0.29, 0.717) is 24.6 Å². The van der Waals surface area contributed by atoms with Gasteiger partial charge < -0.3 is 4.90 Å². The van der Waals surface area contributed by atoms with Crippen molar-refractivity contribution in [2.75, 3.05) is 31.6 Å². The Hall–Kier alpha value is -0.0900. The van der Waals surface area contributed by atoms with E-state index in [0.717, 1.165) is 0 Å². The predicted molar refractivity (Wildman–Crippen MR) is 47.5 cm³/mol. The van der Waals surface area contributed by atoms with E-state index in [1.165, 1.54) is 0 Å². The van der Waals surface area contributed by atoms with Gasteiger partial charge in [0.25, 0.3) is 0 Å². The van der Waals surface area contributed by atoms with Gasteiger partial charge in [0.05, 0.1) is 11.5 Å². The van der Waals surface area contributed by atoms with Crippen LogP contribution in [0.15, 0.2) is 0 Å². The first kappa shape index (κ1) is 10.9. The molecule has 1 fully saturated rings. The summed E-state index contributed by atoms with van der Waals surface area (Å²) in [6.45, 7) is 5.39. The topological polar surface area (TPSA) is 37.4 Å². The van der Waals surface area contributed by atoms with Crippen molar-refractivity contribution in [3.05, 3.63) is 0 Å². The van der Waals surface area contributed by atoms with Gasteiger partial charge in [-0.15, -0.1) is 0 Å². The summed E-state index contributed by atoms with van der Waals surface area (Å²) in [7, 11) is -0.718. The molecular weight excluding hydrogens is 162 g/mol. The maximum atomic E-state index is 10.8. The fourth-order valence-electron chi connectivity index (χ4n) is 0.804. The molecule has 1 rings (SSSR count). The minimum atomic E-state index is -2.66. The lowest BCUT2D eigenvalue weighted by Gasteiger charge is -2.21. The molecule has 0 spiro atoms. The van der Waals surface area contributed by atoms with Crippen LogP contribution in [0.2, 0.25) is 0 Å². The Labute approximate surface area is 69.3 Å². The van der Waals surface area contributed by atoms with E-state index < -0.39 is 9.84 Å². The van der Waals surface area contributed by atoms with Gasteiger partial charge >= 0.3 is 0 Å². The van der Waals surface area contributed by atoms with E-state index in [-0.39, 0.29) is 0 Å². The zero-order chi connectivity index (χ0) is 8.91. The molecule has 11 heavy (non-hydrogen) atoms. The fourth-order valence-corrected chi connectivity index (χ4v) is 2.19. The van der Waals surface area contributed by atoms with Crippen LogP contribution in [-0.4, -0.2) is 45.0 Å². The SMILES string of the molecule is CC.CN1CCS(=O)(=O)CC1. The normalized spacial score (nSPS) is 23.5. The highest BCUT2D eigenvalue weighted by Crippen LogP contribution is 1.99. The van der Waals surface area contributed by atoms with E-state index in [9.17, 15) is 8.42 Å². The van der Waals surface area contributed by atoms with E-state index >= 15 is 0 Å². The second-order valence-electron chi connectivity index (χ2n) is 2.46. The van der Waals surface area contributed by atoms with Gasteiger partial charge in [-0.3, -0.25) is 0 Å². The van der Waals surface area contributed by atoms with Crippen LogP contribution in [0.3, 0.4) is 0 Å². The summed E-state index contributed by atoms with van der Waals surface area (Å²) in [6, 6.07) is 0. The molecule has 0 N–H and O–H groups in total. The van der Waals surface area contributed by atoms with E-state index in [1.54, 1.807) is 0 Å². The van der Waals surface area contributed by atoms with Gasteiger partial charge in [-0.2, -0.15) is 0 Å². The highest BCUT2D eigenvalue weighted by Gasteiger charge is 2.17. The Morgan fingerprint density at radius 3 is 1.73 bits per heavy atom. The highest BCUT2D eigenvalue weighted by atomic mass is 32.2. The van der Waals surface area contributed by atoms with Gasteiger partial charge in [0.1, 0.15) is 0 Å². The number of hydrogen-bond acceptors (Lipinski definition) is 3. The molecule has 0 aromatic carbocycles. The first-order chi connectivity index (χ1) is 5.10. The standard InChI is InChI=1S/C5H11NO2S.C2H6/c1-6-2-4-9(7,8)5-3-6;1-2/h2-5H2,1H3;1-2H3. The molecule has 1 heterocycles. The summed E-state index contributed by atoms with van der Waals surface area (Å²) in [5, 5.41) is 0.